The van der Waals surface area contributed by atoms with Crippen LogP contribution in [0.5, 0.6) is 0 Å². The van der Waals surface area contributed by atoms with E-state index in [9.17, 15) is 4.39 Å². The van der Waals surface area contributed by atoms with Crippen molar-refractivity contribution in [2.24, 2.45) is 0 Å². The number of rotatable bonds is 4. The first-order valence-corrected chi connectivity index (χ1v) is 6.49. The smallest absolute Gasteiger partial charge is 0.283 e. The second kappa shape index (κ2) is 5.20. The van der Waals surface area contributed by atoms with Gasteiger partial charge in [0.2, 0.25) is 0 Å². The van der Waals surface area contributed by atoms with Crippen molar-refractivity contribution in [3.8, 4) is 0 Å². The maximum Gasteiger partial charge on any atom is 0.283 e. The summed E-state index contributed by atoms with van der Waals surface area (Å²) in [7, 11) is 0. The molecule has 0 aliphatic carbocycles. The van der Waals surface area contributed by atoms with E-state index in [1.54, 1.807) is 6.07 Å². The summed E-state index contributed by atoms with van der Waals surface area (Å²) in [6.45, 7) is 3.95. The van der Waals surface area contributed by atoms with Gasteiger partial charge in [0, 0.05) is 0 Å². The van der Waals surface area contributed by atoms with Gasteiger partial charge < -0.3 is 23.4 Å². The molecular weight excluding hydrogens is 255 g/mol. The van der Waals surface area contributed by atoms with E-state index in [-0.39, 0.29) is 37.5 Å². The van der Waals surface area contributed by atoms with Gasteiger partial charge in [0.1, 0.15) is 12.2 Å². The third kappa shape index (κ3) is 2.41. The standard InChI is InChI=1S/C13H17FO5/c1-3-9-10(11-13(19-9)18-7(2)17-11)16-6-8-4-5-15-12(8)14/h4-5,7,9-11,13H,3,6H2,1-2H3/t7?,9-,10+,11-,13+/m1/s1. The molecule has 0 N–H and O–H groups in total. The molecule has 3 rings (SSSR count). The first kappa shape index (κ1) is 13.1. The summed E-state index contributed by atoms with van der Waals surface area (Å²) in [6, 6.07) is 0.943. The van der Waals surface area contributed by atoms with Crippen LogP contribution < -0.4 is 0 Å². The number of ether oxygens (including phenoxy) is 4. The van der Waals surface area contributed by atoms with E-state index < -0.39 is 6.01 Å². The average Bonchev–Trinajstić information content (AvgIpc) is 3.02. The Morgan fingerprint density at radius 2 is 2.16 bits per heavy atom. The summed E-state index contributed by atoms with van der Waals surface area (Å²) in [4.78, 5) is 0. The zero-order chi connectivity index (χ0) is 13.4. The number of hydrogen-bond donors (Lipinski definition) is 0. The van der Waals surface area contributed by atoms with Crippen molar-refractivity contribution in [2.45, 2.75) is 57.8 Å². The van der Waals surface area contributed by atoms with Crippen LogP contribution in [0.15, 0.2) is 16.7 Å². The van der Waals surface area contributed by atoms with E-state index in [0.29, 0.717) is 5.56 Å². The first-order chi connectivity index (χ1) is 9.19. The average molecular weight is 272 g/mol. The van der Waals surface area contributed by atoms with Gasteiger partial charge in [-0.05, 0) is 19.4 Å². The molecule has 0 spiro atoms. The fourth-order valence-corrected chi connectivity index (χ4v) is 2.53. The predicted molar refractivity (Wildman–Crippen MR) is 61.6 cm³/mol. The molecule has 0 amide bonds. The summed E-state index contributed by atoms with van der Waals surface area (Å²) in [6.07, 6.45) is 0.786. The molecule has 0 saturated carbocycles. The van der Waals surface area contributed by atoms with Crippen molar-refractivity contribution in [2.75, 3.05) is 0 Å². The largest absolute Gasteiger partial charge is 0.439 e. The number of halogens is 1. The minimum Gasteiger partial charge on any atom is -0.439 e. The van der Waals surface area contributed by atoms with E-state index in [4.69, 9.17) is 18.9 Å². The van der Waals surface area contributed by atoms with Crippen molar-refractivity contribution in [3.05, 3.63) is 23.9 Å². The Hall–Kier alpha value is -0.950. The molecule has 106 valence electrons. The number of furan rings is 1. The first-order valence-electron chi connectivity index (χ1n) is 6.49. The van der Waals surface area contributed by atoms with Crippen molar-refractivity contribution < 1.29 is 27.8 Å². The SMILES string of the molecule is CC[C@H]1O[C@@H]2OC(C)O[C@@H]2[C@H]1OCc1ccoc1F. The van der Waals surface area contributed by atoms with Gasteiger partial charge in [0.15, 0.2) is 12.6 Å². The Morgan fingerprint density at radius 1 is 1.32 bits per heavy atom. The fourth-order valence-electron chi connectivity index (χ4n) is 2.53. The molecule has 1 unspecified atom stereocenters. The van der Waals surface area contributed by atoms with E-state index in [2.05, 4.69) is 4.42 Å². The van der Waals surface area contributed by atoms with Crippen LogP contribution in [0.25, 0.3) is 0 Å². The van der Waals surface area contributed by atoms with Crippen molar-refractivity contribution in [3.63, 3.8) is 0 Å². The Kier molecular flexibility index (Phi) is 3.58. The quantitative estimate of drug-likeness (QED) is 0.841. The molecule has 1 aromatic heterocycles. The number of fused-ring (bicyclic) bond motifs is 1. The van der Waals surface area contributed by atoms with E-state index in [1.165, 1.54) is 6.26 Å². The van der Waals surface area contributed by atoms with Crippen molar-refractivity contribution in [1.82, 2.24) is 0 Å². The van der Waals surface area contributed by atoms with Gasteiger partial charge in [-0.2, -0.15) is 4.39 Å². The molecule has 5 atom stereocenters. The second-order valence-electron chi connectivity index (χ2n) is 4.75. The van der Waals surface area contributed by atoms with Crippen LogP contribution >= 0.6 is 0 Å². The lowest BCUT2D eigenvalue weighted by Crippen LogP contribution is -2.34. The molecule has 19 heavy (non-hydrogen) atoms. The Bertz CT molecular complexity index is 434. The molecule has 3 heterocycles. The maximum absolute atomic E-state index is 13.2. The van der Waals surface area contributed by atoms with Crippen molar-refractivity contribution in [1.29, 1.82) is 0 Å². The zero-order valence-electron chi connectivity index (χ0n) is 10.9. The Balaban J connectivity index is 1.66. The molecule has 2 aliphatic rings. The summed E-state index contributed by atoms with van der Waals surface area (Å²) in [5, 5.41) is 0. The highest BCUT2D eigenvalue weighted by Gasteiger charge is 2.51. The van der Waals surface area contributed by atoms with Crippen LogP contribution in [-0.4, -0.2) is 30.9 Å². The predicted octanol–water partition coefficient (Wildman–Crippen LogP) is 2.20. The molecular formula is C13H17FO5. The topological polar surface area (TPSA) is 50.1 Å². The second-order valence-corrected chi connectivity index (χ2v) is 4.75. The lowest BCUT2D eigenvalue weighted by atomic mass is 10.1. The van der Waals surface area contributed by atoms with Gasteiger partial charge in [0.05, 0.1) is 24.5 Å². The van der Waals surface area contributed by atoms with Gasteiger partial charge in [-0.25, -0.2) is 0 Å². The van der Waals surface area contributed by atoms with Crippen molar-refractivity contribution >= 4 is 0 Å². The van der Waals surface area contributed by atoms with Gasteiger partial charge >= 0.3 is 0 Å². The van der Waals surface area contributed by atoms with Crippen LogP contribution in [-0.2, 0) is 25.6 Å². The molecule has 0 radical (unpaired) electrons. The molecule has 2 aliphatic heterocycles. The van der Waals surface area contributed by atoms with E-state index >= 15 is 0 Å². The molecule has 2 fully saturated rings. The Labute approximate surface area is 110 Å². The molecule has 5 nitrogen and oxygen atoms in total. The molecule has 1 aromatic rings. The van der Waals surface area contributed by atoms with Crippen LogP contribution in [0.3, 0.4) is 0 Å². The monoisotopic (exact) mass is 272 g/mol. The van der Waals surface area contributed by atoms with Gasteiger partial charge in [-0.3, -0.25) is 0 Å². The van der Waals surface area contributed by atoms with Crippen LogP contribution in [0.2, 0.25) is 0 Å². The van der Waals surface area contributed by atoms with Gasteiger partial charge in [-0.15, -0.1) is 0 Å². The summed E-state index contributed by atoms with van der Waals surface area (Å²) in [5.74, 6) is 0. The van der Waals surface area contributed by atoms with Crippen LogP contribution in [0.1, 0.15) is 25.8 Å². The fraction of sp³-hybridized carbons (Fsp3) is 0.692. The lowest BCUT2D eigenvalue weighted by Gasteiger charge is -2.21. The van der Waals surface area contributed by atoms with Crippen LogP contribution in [0.4, 0.5) is 4.39 Å². The lowest BCUT2D eigenvalue weighted by molar-refractivity contribution is -0.168. The molecule has 2 saturated heterocycles. The van der Waals surface area contributed by atoms with Crippen LogP contribution in [0, 0.1) is 6.01 Å². The summed E-state index contributed by atoms with van der Waals surface area (Å²) in [5.41, 5.74) is 0.394. The maximum atomic E-state index is 13.2. The van der Waals surface area contributed by atoms with E-state index in [1.807, 2.05) is 13.8 Å². The third-order valence-electron chi connectivity index (χ3n) is 3.47. The summed E-state index contributed by atoms with van der Waals surface area (Å²) >= 11 is 0. The molecule has 0 aromatic carbocycles. The van der Waals surface area contributed by atoms with Gasteiger partial charge in [-0.1, -0.05) is 6.92 Å². The highest BCUT2D eigenvalue weighted by molar-refractivity contribution is 5.06. The Morgan fingerprint density at radius 3 is 2.84 bits per heavy atom. The zero-order valence-corrected chi connectivity index (χ0v) is 10.9. The third-order valence-corrected chi connectivity index (χ3v) is 3.47. The molecule has 0 bridgehead atoms. The minimum absolute atomic E-state index is 0.0996. The van der Waals surface area contributed by atoms with Gasteiger partial charge in [0.25, 0.3) is 6.01 Å². The molecule has 6 heteroatoms. The number of hydrogen-bond acceptors (Lipinski definition) is 5. The highest BCUT2D eigenvalue weighted by Crippen LogP contribution is 2.35. The normalized spacial score (nSPS) is 37.7. The highest BCUT2D eigenvalue weighted by atomic mass is 19.1. The summed E-state index contributed by atoms with van der Waals surface area (Å²) < 4.78 is 40.4. The minimum atomic E-state index is -0.611. The van der Waals surface area contributed by atoms with E-state index in [0.717, 1.165) is 6.42 Å².